The topological polar surface area (TPSA) is 96.0 Å². The smallest absolute Gasteiger partial charge is 0.265 e. The van der Waals surface area contributed by atoms with Crippen molar-refractivity contribution in [3.8, 4) is 5.75 Å². The minimum atomic E-state index is -3.70. The monoisotopic (exact) mass is 471 g/mol. The minimum absolute atomic E-state index is 0.101. The van der Waals surface area contributed by atoms with Gasteiger partial charge in [0.25, 0.3) is 5.91 Å². The summed E-state index contributed by atoms with van der Waals surface area (Å²) in [7, 11) is -3.70. The lowest BCUT2D eigenvalue weighted by molar-refractivity contribution is -0.125. The molecule has 176 valence electrons. The van der Waals surface area contributed by atoms with Crippen LogP contribution in [0.25, 0.3) is 0 Å². The number of nitrogens with zero attached hydrogens (tertiary/aromatic N) is 2. The molecule has 0 aliphatic carbocycles. The molecule has 2 amide bonds. The zero-order chi connectivity index (χ0) is 23.4. The molecule has 1 fully saturated rings. The zero-order valence-corrected chi connectivity index (χ0v) is 19.5. The lowest BCUT2D eigenvalue weighted by Crippen LogP contribution is -2.45. The lowest BCUT2D eigenvalue weighted by atomic mass is 10.1. The summed E-state index contributed by atoms with van der Waals surface area (Å²) >= 11 is 0. The van der Waals surface area contributed by atoms with Crippen LogP contribution in [0.15, 0.2) is 53.4 Å². The van der Waals surface area contributed by atoms with Crippen molar-refractivity contribution < 1.29 is 22.7 Å². The molecule has 1 atom stereocenters. The summed E-state index contributed by atoms with van der Waals surface area (Å²) < 4.78 is 33.5. The summed E-state index contributed by atoms with van der Waals surface area (Å²) in [6.07, 6.45) is 3.70. The molecule has 33 heavy (non-hydrogen) atoms. The summed E-state index contributed by atoms with van der Waals surface area (Å²) in [4.78, 5) is 26.8. The van der Waals surface area contributed by atoms with Crippen LogP contribution in [0.5, 0.6) is 5.75 Å². The van der Waals surface area contributed by atoms with Crippen LogP contribution in [0.1, 0.15) is 44.2 Å². The van der Waals surface area contributed by atoms with E-state index >= 15 is 0 Å². The maximum Gasteiger partial charge on any atom is 0.265 e. The lowest BCUT2D eigenvalue weighted by Gasteiger charge is -2.30. The molecule has 1 N–H and O–H groups in total. The second kappa shape index (κ2) is 9.93. The summed E-state index contributed by atoms with van der Waals surface area (Å²) in [6.45, 7) is 2.41. The fourth-order valence-corrected chi connectivity index (χ4v) is 5.74. The molecule has 1 saturated heterocycles. The van der Waals surface area contributed by atoms with Gasteiger partial charge in [0.1, 0.15) is 12.3 Å². The van der Waals surface area contributed by atoms with Gasteiger partial charge in [0.2, 0.25) is 15.9 Å². The third-order valence-corrected chi connectivity index (χ3v) is 7.95. The van der Waals surface area contributed by atoms with Gasteiger partial charge >= 0.3 is 0 Å². The Morgan fingerprint density at radius 2 is 1.76 bits per heavy atom. The summed E-state index contributed by atoms with van der Waals surface area (Å²) in [6, 6.07) is 13.8. The number of hydrogen-bond acceptors (Lipinski definition) is 5. The second-order valence-electron chi connectivity index (χ2n) is 8.42. The Balaban J connectivity index is 1.55. The number of ether oxygens (including phenoxy) is 1. The highest BCUT2D eigenvalue weighted by Gasteiger charge is 2.31. The van der Waals surface area contributed by atoms with Gasteiger partial charge in [0.05, 0.1) is 16.6 Å². The number of fused-ring (bicyclic) bond motifs is 1. The maximum absolute atomic E-state index is 13.2. The predicted octanol–water partition coefficient (Wildman–Crippen LogP) is 2.85. The number of benzene rings is 2. The van der Waals surface area contributed by atoms with E-state index in [9.17, 15) is 18.0 Å². The van der Waals surface area contributed by atoms with Gasteiger partial charge < -0.3 is 10.1 Å². The van der Waals surface area contributed by atoms with Gasteiger partial charge in [0, 0.05) is 13.1 Å². The fourth-order valence-electron chi connectivity index (χ4n) is 4.20. The van der Waals surface area contributed by atoms with Crippen LogP contribution in [-0.4, -0.2) is 50.8 Å². The standard InChI is InChI=1S/C24H29N3O5S/c1-18(19-9-5-4-6-10-19)25-23(28)16-27-21-15-20(11-12-22(21)32-17-24(27)29)33(30,31)26-13-7-2-3-8-14-26/h4-6,9-12,15,18H,2-3,7-8,13-14,16-17H2,1H3,(H,25,28)/t18-/m0/s1. The van der Waals surface area contributed by atoms with Crippen molar-refractivity contribution in [3.05, 3.63) is 54.1 Å². The zero-order valence-electron chi connectivity index (χ0n) is 18.7. The van der Waals surface area contributed by atoms with Crippen molar-refractivity contribution in [1.29, 1.82) is 0 Å². The molecule has 0 saturated carbocycles. The molecule has 2 heterocycles. The van der Waals surface area contributed by atoms with Crippen molar-refractivity contribution >= 4 is 27.5 Å². The van der Waals surface area contributed by atoms with E-state index in [-0.39, 0.29) is 30.0 Å². The van der Waals surface area contributed by atoms with Crippen LogP contribution in [0, 0.1) is 0 Å². The number of sulfonamides is 1. The van der Waals surface area contributed by atoms with Crippen LogP contribution >= 0.6 is 0 Å². The van der Waals surface area contributed by atoms with E-state index in [1.165, 1.54) is 21.3 Å². The molecule has 2 aromatic carbocycles. The Kier molecular flexibility index (Phi) is 6.99. The van der Waals surface area contributed by atoms with E-state index in [1.54, 1.807) is 6.07 Å². The van der Waals surface area contributed by atoms with Crippen molar-refractivity contribution in [2.75, 3.05) is 31.1 Å². The van der Waals surface area contributed by atoms with E-state index in [1.807, 2.05) is 37.3 Å². The highest BCUT2D eigenvalue weighted by Crippen LogP contribution is 2.35. The van der Waals surface area contributed by atoms with Gasteiger partial charge in [-0.1, -0.05) is 43.2 Å². The van der Waals surface area contributed by atoms with Crippen LogP contribution in [0.2, 0.25) is 0 Å². The number of rotatable bonds is 6. The number of carbonyl (C=O) groups excluding carboxylic acids is 2. The number of carbonyl (C=O) groups is 2. The molecule has 2 aliphatic heterocycles. The molecule has 0 spiro atoms. The quantitative estimate of drug-likeness (QED) is 0.699. The first-order valence-corrected chi connectivity index (χ1v) is 12.7. The van der Waals surface area contributed by atoms with Gasteiger partial charge in [-0.15, -0.1) is 0 Å². The van der Waals surface area contributed by atoms with E-state index in [4.69, 9.17) is 4.74 Å². The first-order valence-electron chi connectivity index (χ1n) is 11.3. The Morgan fingerprint density at radius 3 is 2.45 bits per heavy atom. The summed E-state index contributed by atoms with van der Waals surface area (Å²) in [5.41, 5.74) is 1.25. The van der Waals surface area contributed by atoms with Crippen molar-refractivity contribution in [2.24, 2.45) is 0 Å². The number of amides is 2. The number of anilines is 1. The predicted molar refractivity (Wildman–Crippen MR) is 125 cm³/mol. The van der Waals surface area contributed by atoms with Crippen LogP contribution in [0.4, 0.5) is 5.69 Å². The Morgan fingerprint density at radius 1 is 1.06 bits per heavy atom. The minimum Gasteiger partial charge on any atom is -0.482 e. The number of hydrogen-bond donors (Lipinski definition) is 1. The highest BCUT2D eigenvalue weighted by molar-refractivity contribution is 7.89. The molecule has 0 unspecified atom stereocenters. The van der Waals surface area contributed by atoms with E-state index in [0.29, 0.717) is 24.5 Å². The third-order valence-electron chi connectivity index (χ3n) is 6.05. The molecule has 8 nitrogen and oxygen atoms in total. The molecule has 0 bridgehead atoms. The van der Waals surface area contributed by atoms with Crippen molar-refractivity contribution in [1.82, 2.24) is 9.62 Å². The highest BCUT2D eigenvalue weighted by atomic mass is 32.2. The number of nitrogens with one attached hydrogen (secondary N) is 1. The molecule has 0 radical (unpaired) electrons. The second-order valence-corrected chi connectivity index (χ2v) is 10.4. The third kappa shape index (κ3) is 5.20. The molecular formula is C24H29N3O5S. The van der Waals surface area contributed by atoms with Crippen LogP contribution in [0.3, 0.4) is 0 Å². The van der Waals surface area contributed by atoms with Gasteiger partial charge in [-0.25, -0.2) is 8.42 Å². The average molecular weight is 472 g/mol. The molecule has 2 aromatic rings. The van der Waals surface area contributed by atoms with Gasteiger partial charge in [-0.2, -0.15) is 4.31 Å². The molecule has 9 heteroatoms. The molecule has 0 aromatic heterocycles. The SMILES string of the molecule is C[C@H](NC(=O)CN1C(=O)COc2ccc(S(=O)(=O)N3CCCCCC3)cc21)c1ccccc1. The van der Waals surface area contributed by atoms with Crippen LogP contribution in [-0.2, 0) is 19.6 Å². The molecular weight excluding hydrogens is 442 g/mol. The van der Waals surface area contributed by atoms with Gasteiger partial charge in [-0.05, 0) is 43.5 Å². The first-order chi connectivity index (χ1) is 15.9. The fraction of sp³-hybridized carbons (Fsp3) is 0.417. The van der Waals surface area contributed by atoms with Gasteiger partial charge in [0.15, 0.2) is 6.61 Å². The Labute approximate surface area is 194 Å². The molecule has 2 aliphatic rings. The summed E-state index contributed by atoms with van der Waals surface area (Å²) in [5, 5.41) is 2.90. The average Bonchev–Trinajstić information content (AvgIpc) is 3.11. The normalized spacial score (nSPS) is 18.1. The Bertz CT molecular complexity index is 1110. The maximum atomic E-state index is 13.2. The largest absolute Gasteiger partial charge is 0.482 e. The first kappa shape index (κ1) is 23.3. The Hall–Kier alpha value is -2.91. The summed E-state index contributed by atoms with van der Waals surface area (Å²) in [5.74, 6) is -0.351. The van der Waals surface area contributed by atoms with Crippen molar-refractivity contribution in [3.63, 3.8) is 0 Å². The van der Waals surface area contributed by atoms with Gasteiger partial charge in [-0.3, -0.25) is 14.5 Å². The van der Waals surface area contributed by atoms with Crippen molar-refractivity contribution in [2.45, 2.75) is 43.5 Å². The van der Waals surface area contributed by atoms with Crippen LogP contribution < -0.4 is 15.0 Å². The van der Waals surface area contributed by atoms with E-state index < -0.39 is 15.9 Å². The van der Waals surface area contributed by atoms with E-state index in [0.717, 1.165) is 31.2 Å². The molecule has 4 rings (SSSR count). The van der Waals surface area contributed by atoms with E-state index in [2.05, 4.69) is 5.32 Å².